The van der Waals surface area contributed by atoms with E-state index in [-0.39, 0.29) is 6.07 Å². The summed E-state index contributed by atoms with van der Waals surface area (Å²) in [6, 6.07) is 10.3. The Morgan fingerprint density at radius 3 is 2.09 bits per heavy atom. The number of ether oxygens (including phenoxy) is 2. The molecule has 0 bridgehead atoms. The van der Waals surface area contributed by atoms with Crippen molar-refractivity contribution in [2.75, 3.05) is 12.7 Å². The molecule has 1 aromatic rings. The molecule has 0 aromatic heterocycles. The summed E-state index contributed by atoms with van der Waals surface area (Å²) in [4.78, 5) is 0. The molecule has 0 spiro atoms. The molecular weight excluding hydrogens is 296 g/mol. The molecule has 2 nitrogen and oxygen atoms in total. The van der Waals surface area contributed by atoms with Crippen LogP contribution in [-0.4, -0.2) is 12.7 Å². The Balaban J connectivity index is 2.55. The van der Waals surface area contributed by atoms with Gasteiger partial charge in [0.1, 0.15) is 6.07 Å². The van der Waals surface area contributed by atoms with Gasteiger partial charge in [0, 0.05) is 18.6 Å². The first-order chi connectivity index (χ1) is 10.8. The van der Waals surface area contributed by atoms with Gasteiger partial charge < -0.3 is 9.47 Å². The first-order valence-corrected chi connectivity index (χ1v) is 9.22. The van der Waals surface area contributed by atoms with Crippen molar-refractivity contribution < 1.29 is 9.47 Å². The van der Waals surface area contributed by atoms with Gasteiger partial charge >= 0.3 is 0 Å². The number of halogens is 1. The summed E-state index contributed by atoms with van der Waals surface area (Å²) in [5.74, 6) is -0.693. The van der Waals surface area contributed by atoms with Gasteiger partial charge in [-0.25, -0.2) is 0 Å². The second kappa shape index (κ2) is 11.9. The molecule has 1 unspecified atom stereocenters. The van der Waals surface area contributed by atoms with Gasteiger partial charge in [0.25, 0.3) is 0 Å². The van der Waals surface area contributed by atoms with E-state index in [9.17, 15) is 0 Å². The van der Waals surface area contributed by atoms with E-state index >= 15 is 0 Å². The maximum absolute atomic E-state index is 5.99. The third-order valence-corrected chi connectivity index (χ3v) is 4.10. The van der Waals surface area contributed by atoms with Crippen LogP contribution in [0.3, 0.4) is 0 Å². The van der Waals surface area contributed by atoms with E-state index in [1.807, 2.05) is 25.1 Å². The van der Waals surface area contributed by atoms with E-state index in [4.69, 9.17) is 21.1 Å². The summed E-state index contributed by atoms with van der Waals surface area (Å²) < 4.78 is 11.8. The fourth-order valence-electron chi connectivity index (χ4n) is 2.83. The van der Waals surface area contributed by atoms with Crippen LogP contribution in [0, 0.1) is 0 Å². The fourth-order valence-corrected chi connectivity index (χ4v) is 3.00. The van der Waals surface area contributed by atoms with Crippen LogP contribution in [0.4, 0.5) is 0 Å². The quantitative estimate of drug-likeness (QED) is 0.243. The van der Waals surface area contributed by atoms with Crippen LogP contribution in [0.5, 0.6) is 0 Å². The summed E-state index contributed by atoms with van der Waals surface area (Å²) >= 11 is 5.87. The Hall–Kier alpha value is -0.570. The SMILES string of the molecule is CCCCCCCCCC(OCC)(OCCl)c1ccccc1. The van der Waals surface area contributed by atoms with E-state index in [1.165, 1.54) is 38.5 Å². The first kappa shape index (κ1) is 19.5. The monoisotopic (exact) mass is 326 g/mol. The number of unbranched alkanes of at least 4 members (excludes halogenated alkanes) is 6. The molecule has 0 heterocycles. The first-order valence-electron chi connectivity index (χ1n) is 8.68. The lowest BCUT2D eigenvalue weighted by molar-refractivity contribution is -0.240. The highest BCUT2D eigenvalue weighted by Crippen LogP contribution is 2.33. The maximum atomic E-state index is 5.99. The molecule has 1 rings (SSSR count). The van der Waals surface area contributed by atoms with Gasteiger partial charge in [-0.1, -0.05) is 87.4 Å². The van der Waals surface area contributed by atoms with E-state index in [0.29, 0.717) is 6.61 Å². The third-order valence-electron chi connectivity index (χ3n) is 3.99. The molecule has 0 N–H and O–H groups in total. The number of hydrogen-bond acceptors (Lipinski definition) is 2. The Bertz CT molecular complexity index is 361. The molecule has 1 atom stereocenters. The number of rotatable bonds is 13. The van der Waals surface area contributed by atoms with Gasteiger partial charge in [-0.3, -0.25) is 0 Å². The molecule has 0 saturated carbocycles. The highest BCUT2D eigenvalue weighted by molar-refractivity contribution is 6.17. The molecule has 0 aliphatic heterocycles. The minimum Gasteiger partial charge on any atom is -0.346 e. The largest absolute Gasteiger partial charge is 0.346 e. The van der Waals surface area contributed by atoms with Crippen LogP contribution in [0.2, 0.25) is 0 Å². The second-order valence-electron chi connectivity index (χ2n) is 5.68. The van der Waals surface area contributed by atoms with Gasteiger partial charge in [-0.15, -0.1) is 0 Å². The lowest BCUT2D eigenvalue weighted by atomic mass is 9.98. The van der Waals surface area contributed by atoms with E-state index in [1.54, 1.807) is 0 Å². The summed E-state index contributed by atoms with van der Waals surface area (Å²) in [6.07, 6.45) is 9.78. The zero-order chi connectivity index (χ0) is 16.1. The normalized spacial score (nSPS) is 14.0. The van der Waals surface area contributed by atoms with Crippen molar-refractivity contribution in [3.05, 3.63) is 35.9 Å². The van der Waals surface area contributed by atoms with Crippen LogP contribution in [-0.2, 0) is 15.3 Å². The smallest absolute Gasteiger partial charge is 0.196 e. The summed E-state index contributed by atoms with van der Waals surface area (Å²) in [5.41, 5.74) is 1.06. The maximum Gasteiger partial charge on any atom is 0.196 e. The lowest BCUT2D eigenvalue weighted by Gasteiger charge is -2.33. The second-order valence-corrected chi connectivity index (χ2v) is 5.89. The highest BCUT2D eigenvalue weighted by atomic mass is 35.5. The van der Waals surface area contributed by atoms with Crippen LogP contribution < -0.4 is 0 Å². The predicted molar refractivity (Wildman–Crippen MR) is 94.2 cm³/mol. The molecule has 0 aliphatic rings. The standard InChI is InChI=1S/C19H31ClO2/c1-3-5-6-7-8-9-13-16-19(21-4-2,22-17-20)18-14-11-10-12-15-18/h10-12,14-15H,3-9,13,16-17H2,1-2H3. The van der Waals surface area contributed by atoms with Crippen molar-refractivity contribution in [3.63, 3.8) is 0 Å². The molecule has 126 valence electrons. The molecule has 0 fully saturated rings. The minimum absolute atomic E-state index is 0.144. The van der Waals surface area contributed by atoms with Gasteiger partial charge in [-0.05, 0) is 13.3 Å². The molecular formula is C19H31ClO2. The Kier molecular flexibility index (Phi) is 10.6. The Morgan fingerprint density at radius 2 is 1.50 bits per heavy atom. The number of benzene rings is 1. The van der Waals surface area contributed by atoms with Crippen molar-refractivity contribution in [1.82, 2.24) is 0 Å². The molecule has 3 heteroatoms. The molecule has 0 amide bonds. The van der Waals surface area contributed by atoms with Crippen molar-refractivity contribution in [1.29, 1.82) is 0 Å². The average Bonchev–Trinajstić information content (AvgIpc) is 2.55. The van der Waals surface area contributed by atoms with Gasteiger partial charge in [0.15, 0.2) is 5.79 Å². The molecule has 22 heavy (non-hydrogen) atoms. The van der Waals surface area contributed by atoms with Gasteiger partial charge in [0.05, 0.1) is 0 Å². The predicted octanol–water partition coefficient (Wildman–Crippen LogP) is 6.23. The molecule has 0 saturated heterocycles. The Morgan fingerprint density at radius 1 is 0.864 bits per heavy atom. The molecule has 0 aliphatic carbocycles. The highest BCUT2D eigenvalue weighted by Gasteiger charge is 2.33. The molecule has 1 aromatic carbocycles. The van der Waals surface area contributed by atoms with Crippen LogP contribution in [0.15, 0.2) is 30.3 Å². The van der Waals surface area contributed by atoms with Crippen molar-refractivity contribution >= 4 is 11.6 Å². The zero-order valence-electron chi connectivity index (χ0n) is 14.2. The van der Waals surface area contributed by atoms with Crippen molar-refractivity contribution in [3.8, 4) is 0 Å². The number of hydrogen-bond donors (Lipinski definition) is 0. The topological polar surface area (TPSA) is 18.5 Å². The van der Waals surface area contributed by atoms with Gasteiger partial charge in [0.2, 0.25) is 0 Å². The number of alkyl halides is 1. The fraction of sp³-hybridized carbons (Fsp3) is 0.684. The van der Waals surface area contributed by atoms with Crippen molar-refractivity contribution in [2.24, 2.45) is 0 Å². The van der Waals surface area contributed by atoms with E-state index < -0.39 is 5.79 Å². The van der Waals surface area contributed by atoms with Gasteiger partial charge in [-0.2, -0.15) is 0 Å². The Labute approximate surface area is 141 Å². The summed E-state index contributed by atoms with van der Waals surface area (Å²) in [5, 5.41) is 0. The summed E-state index contributed by atoms with van der Waals surface area (Å²) in [7, 11) is 0. The molecule has 0 radical (unpaired) electrons. The van der Waals surface area contributed by atoms with Crippen molar-refractivity contribution in [2.45, 2.75) is 71.0 Å². The van der Waals surface area contributed by atoms with E-state index in [2.05, 4.69) is 19.1 Å². The van der Waals surface area contributed by atoms with Crippen LogP contribution in [0.25, 0.3) is 0 Å². The average molecular weight is 327 g/mol. The van der Waals surface area contributed by atoms with E-state index in [0.717, 1.165) is 18.4 Å². The summed E-state index contributed by atoms with van der Waals surface area (Å²) in [6.45, 7) is 4.86. The minimum atomic E-state index is -0.693. The van der Waals surface area contributed by atoms with Crippen LogP contribution in [0.1, 0.15) is 70.8 Å². The van der Waals surface area contributed by atoms with Crippen LogP contribution >= 0.6 is 11.6 Å². The zero-order valence-corrected chi connectivity index (χ0v) is 14.9. The third kappa shape index (κ3) is 6.68. The lowest BCUT2D eigenvalue weighted by Crippen LogP contribution is -2.33.